The fraction of sp³-hybridized carbons (Fsp3) is 0.125. The van der Waals surface area contributed by atoms with Crippen molar-refractivity contribution in [2.24, 2.45) is 0 Å². The second-order valence-electron chi connectivity index (χ2n) is 7.19. The fourth-order valence-corrected chi connectivity index (χ4v) is 4.41. The van der Waals surface area contributed by atoms with E-state index < -0.39 is 5.82 Å². The second kappa shape index (κ2) is 8.47. The van der Waals surface area contributed by atoms with Crippen molar-refractivity contribution in [2.75, 3.05) is 12.4 Å². The van der Waals surface area contributed by atoms with Crippen LogP contribution < -0.4 is 10.3 Å². The number of aryl methyl sites for hydroxylation is 1. The van der Waals surface area contributed by atoms with E-state index in [0.717, 1.165) is 16.8 Å². The highest BCUT2D eigenvalue weighted by Gasteiger charge is 2.18. The van der Waals surface area contributed by atoms with Gasteiger partial charge in [-0.2, -0.15) is 0 Å². The van der Waals surface area contributed by atoms with Gasteiger partial charge < -0.3 is 4.74 Å². The van der Waals surface area contributed by atoms with E-state index in [4.69, 9.17) is 4.74 Å². The van der Waals surface area contributed by atoms with Gasteiger partial charge in [0.25, 0.3) is 5.56 Å². The van der Waals surface area contributed by atoms with Crippen molar-refractivity contribution in [1.29, 1.82) is 0 Å². The molecule has 0 aliphatic heterocycles. The van der Waals surface area contributed by atoms with Crippen molar-refractivity contribution in [3.8, 4) is 11.4 Å². The quantitative estimate of drug-likeness (QED) is 0.281. The molecular weight excluding hydrogens is 427 g/mol. The lowest BCUT2D eigenvalue weighted by Crippen LogP contribution is -2.22. The van der Waals surface area contributed by atoms with Gasteiger partial charge in [0.05, 0.1) is 23.2 Å². The summed E-state index contributed by atoms with van der Waals surface area (Å²) < 4.78 is 22.8. The van der Waals surface area contributed by atoms with E-state index in [2.05, 4.69) is 10.2 Å². The number of hydrogen-bond donors (Lipinski definition) is 0. The molecule has 0 saturated carbocycles. The Morgan fingerprint density at radius 3 is 2.56 bits per heavy atom. The number of thioether (sulfide) groups is 1. The van der Waals surface area contributed by atoms with Gasteiger partial charge in [-0.15, -0.1) is 10.2 Å². The number of para-hydroxylation sites is 3. The van der Waals surface area contributed by atoms with Crippen LogP contribution in [0, 0.1) is 12.7 Å². The van der Waals surface area contributed by atoms with Crippen molar-refractivity contribution < 1.29 is 9.13 Å². The standard InChI is InChI=1S/C24H19FN4O2S/c1-16-8-2-5-11-19(16)28-22(30)17-9-3-6-12-20(17)29-23(28)26-27-24(29)32-15-14-31-21-13-7-4-10-18(21)25/h2-13H,14-15H2,1H3. The Morgan fingerprint density at radius 1 is 0.969 bits per heavy atom. The number of rotatable bonds is 6. The summed E-state index contributed by atoms with van der Waals surface area (Å²) in [5, 5.41) is 9.91. The molecule has 8 heteroatoms. The lowest BCUT2D eigenvalue weighted by atomic mass is 10.2. The summed E-state index contributed by atoms with van der Waals surface area (Å²) in [6, 6.07) is 21.4. The van der Waals surface area contributed by atoms with Crippen LogP contribution in [-0.2, 0) is 0 Å². The lowest BCUT2D eigenvalue weighted by Gasteiger charge is -2.13. The molecule has 0 bridgehead atoms. The van der Waals surface area contributed by atoms with Crippen LogP contribution >= 0.6 is 11.8 Å². The molecule has 0 atom stereocenters. The van der Waals surface area contributed by atoms with Crippen LogP contribution in [0.3, 0.4) is 0 Å². The molecule has 0 spiro atoms. The molecule has 0 amide bonds. The Balaban J connectivity index is 1.55. The molecule has 3 aromatic carbocycles. The van der Waals surface area contributed by atoms with E-state index in [-0.39, 0.29) is 11.3 Å². The van der Waals surface area contributed by atoms with Crippen molar-refractivity contribution in [1.82, 2.24) is 19.2 Å². The minimum Gasteiger partial charge on any atom is -0.490 e. The number of ether oxygens (including phenoxy) is 1. The summed E-state index contributed by atoms with van der Waals surface area (Å²) in [6.45, 7) is 2.26. The first-order valence-corrected chi connectivity index (χ1v) is 11.1. The summed E-state index contributed by atoms with van der Waals surface area (Å²) in [5.74, 6) is 0.810. The number of nitrogens with zero attached hydrogens (tertiary/aromatic N) is 4. The molecule has 0 unspecified atom stereocenters. The Labute approximate surface area is 187 Å². The van der Waals surface area contributed by atoms with Gasteiger partial charge in [0.1, 0.15) is 0 Å². The van der Waals surface area contributed by atoms with E-state index in [9.17, 15) is 9.18 Å². The number of benzene rings is 3. The minimum atomic E-state index is -0.390. The Kier molecular flexibility index (Phi) is 5.36. The molecule has 0 saturated heterocycles. The van der Waals surface area contributed by atoms with Gasteiger partial charge in [0, 0.05) is 5.75 Å². The molecule has 2 heterocycles. The lowest BCUT2D eigenvalue weighted by molar-refractivity contribution is 0.325. The van der Waals surface area contributed by atoms with Gasteiger partial charge in [-0.1, -0.05) is 54.2 Å². The summed E-state index contributed by atoms with van der Waals surface area (Å²) >= 11 is 1.44. The third kappa shape index (κ3) is 3.52. The highest BCUT2D eigenvalue weighted by atomic mass is 32.2. The van der Waals surface area contributed by atoms with Gasteiger partial charge in [-0.05, 0) is 42.8 Å². The number of hydrogen-bond acceptors (Lipinski definition) is 5. The molecule has 160 valence electrons. The average molecular weight is 447 g/mol. The fourth-order valence-electron chi connectivity index (χ4n) is 3.65. The number of fused-ring (bicyclic) bond motifs is 3. The van der Waals surface area contributed by atoms with Crippen LogP contribution in [0.25, 0.3) is 22.4 Å². The number of aromatic nitrogens is 4. The molecule has 0 radical (unpaired) electrons. The van der Waals surface area contributed by atoms with Crippen LogP contribution in [0.15, 0.2) is 82.7 Å². The molecule has 0 fully saturated rings. The van der Waals surface area contributed by atoms with Crippen LogP contribution in [0.1, 0.15) is 5.56 Å². The van der Waals surface area contributed by atoms with E-state index in [1.807, 2.05) is 59.9 Å². The van der Waals surface area contributed by atoms with E-state index in [1.165, 1.54) is 17.8 Å². The van der Waals surface area contributed by atoms with E-state index in [0.29, 0.717) is 28.7 Å². The molecule has 0 N–H and O–H groups in total. The van der Waals surface area contributed by atoms with Gasteiger partial charge in [0.2, 0.25) is 5.78 Å². The van der Waals surface area contributed by atoms with Crippen molar-refractivity contribution >= 4 is 28.4 Å². The SMILES string of the molecule is Cc1ccccc1-n1c(=O)c2ccccc2n2c(SCCOc3ccccc3F)nnc12. The first-order chi connectivity index (χ1) is 15.6. The zero-order valence-corrected chi connectivity index (χ0v) is 18.1. The van der Waals surface area contributed by atoms with Gasteiger partial charge in [-0.3, -0.25) is 9.20 Å². The molecule has 6 nitrogen and oxygen atoms in total. The number of halogens is 1. The molecule has 5 aromatic rings. The monoisotopic (exact) mass is 446 g/mol. The first kappa shape index (κ1) is 20.3. The van der Waals surface area contributed by atoms with Crippen molar-refractivity contribution in [3.05, 3.63) is 94.5 Å². The molecule has 5 rings (SSSR count). The molecular formula is C24H19FN4O2S. The van der Waals surface area contributed by atoms with E-state index in [1.54, 1.807) is 22.8 Å². The van der Waals surface area contributed by atoms with Crippen LogP contribution in [0.5, 0.6) is 5.75 Å². The highest BCUT2D eigenvalue weighted by molar-refractivity contribution is 7.99. The van der Waals surface area contributed by atoms with Crippen LogP contribution in [0.4, 0.5) is 4.39 Å². The smallest absolute Gasteiger partial charge is 0.267 e. The molecule has 32 heavy (non-hydrogen) atoms. The normalized spacial score (nSPS) is 11.3. The van der Waals surface area contributed by atoms with Crippen molar-refractivity contribution in [2.45, 2.75) is 12.1 Å². The first-order valence-electron chi connectivity index (χ1n) is 10.1. The Bertz CT molecular complexity index is 1490. The topological polar surface area (TPSA) is 61.4 Å². The zero-order chi connectivity index (χ0) is 22.1. The summed E-state index contributed by atoms with van der Waals surface area (Å²) in [7, 11) is 0. The second-order valence-corrected chi connectivity index (χ2v) is 8.25. The van der Waals surface area contributed by atoms with Crippen molar-refractivity contribution in [3.63, 3.8) is 0 Å². The predicted octanol–water partition coefficient (Wildman–Crippen LogP) is 4.65. The van der Waals surface area contributed by atoms with Gasteiger partial charge in [0.15, 0.2) is 16.7 Å². The predicted molar refractivity (Wildman–Crippen MR) is 123 cm³/mol. The molecule has 2 aromatic heterocycles. The highest BCUT2D eigenvalue weighted by Crippen LogP contribution is 2.24. The van der Waals surface area contributed by atoms with Crippen LogP contribution in [0.2, 0.25) is 0 Å². The largest absolute Gasteiger partial charge is 0.490 e. The van der Waals surface area contributed by atoms with Crippen LogP contribution in [-0.4, -0.2) is 31.5 Å². The summed E-state index contributed by atoms with van der Waals surface area (Å²) in [6.07, 6.45) is 0. The Hall–Kier alpha value is -3.65. The zero-order valence-electron chi connectivity index (χ0n) is 17.2. The molecule has 0 aliphatic carbocycles. The maximum atomic E-state index is 13.8. The molecule has 0 aliphatic rings. The third-order valence-corrected chi connectivity index (χ3v) is 6.05. The van der Waals surface area contributed by atoms with E-state index >= 15 is 0 Å². The van der Waals surface area contributed by atoms with Gasteiger partial charge >= 0.3 is 0 Å². The minimum absolute atomic E-state index is 0.144. The summed E-state index contributed by atoms with van der Waals surface area (Å²) in [5.41, 5.74) is 2.32. The average Bonchev–Trinajstić information content (AvgIpc) is 3.23. The maximum absolute atomic E-state index is 13.8. The maximum Gasteiger partial charge on any atom is 0.267 e. The third-order valence-electron chi connectivity index (χ3n) is 5.16. The summed E-state index contributed by atoms with van der Waals surface area (Å²) in [4.78, 5) is 13.4. The Morgan fingerprint density at radius 2 is 1.72 bits per heavy atom. The van der Waals surface area contributed by atoms with Gasteiger partial charge in [-0.25, -0.2) is 8.96 Å².